The Balaban J connectivity index is 2.38. The molecule has 1 unspecified atom stereocenters. The summed E-state index contributed by atoms with van der Waals surface area (Å²) in [7, 11) is 0. The lowest BCUT2D eigenvalue weighted by atomic mass is 9.66. The minimum Gasteiger partial charge on any atom is -0.452 e. The fourth-order valence-electron chi connectivity index (χ4n) is 3.19. The van der Waals surface area contributed by atoms with Gasteiger partial charge < -0.3 is 9.47 Å². The molecule has 1 atom stereocenters. The molecule has 0 saturated heterocycles. The van der Waals surface area contributed by atoms with Gasteiger partial charge in [0.2, 0.25) is 0 Å². The molecular formula is C24H30O4. The molecule has 0 heterocycles. The van der Waals surface area contributed by atoms with Crippen LogP contribution >= 0.6 is 0 Å². The van der Waals surface area contributed by atoms with Crippen LogP contribution < -0.4 is 0 Å². The molecule has 0 aliphatic heterocycles. The van der Waals surface area contributed by atoms with E-state index >= 15 is 0 Å². The van der Waals surface area contributed by atoms with Crippen LogP contribution in [0.15, 0.2) is 60.7 Å². The third kappa shape index (κ3) is 4.27. The van der Waals surface area contributed by atoms with E-state index in [1.165, 1.54) is 0 Å². The van der Waals surface area contributed by atoms with Gasteiger partial charge in [-0.1, -0.05) is 57.2 Å². The molecule has 0 aromatic heterocycles. The topological polar surface area (TPSA) is 52.6 Å². The number of hydrogen-bond acceptors (Lipinski definition) is 4. The van der Waals surface area contributed by atoms with Crippen molar-refractivity contribution in [1.29, 1.82) is 0 Å². The summed E-state index contributed by atoms with van der Waals surface area (Å²) >= 11 is 0. The maximum absolute atomic E-state index is 12.9. The minimum absolute atomic E-state index is 0.437. The second kappa shape index (κ2) is 8.17. The molecule has 0 saturated carbocycles. The Labute approximate surface area is 167 Å². The van der Waals surface area contributed by atoms with Gasteiger partial charge in [0.1, 0.15) is 5.60 Å². The first-order valence-corrected chi connectivity index (χ1v) is 9.61. The SMILES string of the molecule is CCC(C)(C)C(C)(OC(=O)c1ccccc1)C(C)(C)OC(=O)c1ccccc1. The van der Waals surface area contributed by atoms with Crippen molar-refractivity contribution in [2.75, 3.05) is 0 Å². The maximum Gasteiger partial charge on any atom is 0.338 e. The highest BCUT2D eigenvalue weighted by Crippen LogP contribution is 2.46. The maximum atomic E-state index is 12.9. The van der Waals surface area contributed by atoms with Crippen LogP contribution in [-0.2, 0) is 9.47 Å². The molecule has 0 bridgehead atoms. The van der Waals surface area contributed by atoms with Gasteiger partial charge in [-0.2, -0.15) is 0 Å². The van der Waals surface area contributed by atoms with Crippen LogP contribution in [0.2, 0.25) is 0 Å². The third-order valence-corrected chi connectivity index (χ3v) is 5.99. The number of carbonyl (C=O) groups excluding carboxylic acids is 2. The molecule has 4 heteroatoms. The van der Waals surface area contributed by atoms with E-state index < -0.39 is 28.6 Å². The summed E-state index contributed by atoms with van der Waals surface area (Å²) in [6.07, 6.45) is 0.734. The van der Waals surface area contributed by atoms with Crippen molar-refractivity contribution in [3.8, 4) is 0 Å². The molecule has 2 rings (SSSR count). The van der Waals surface area contributed by atoms with Crippen molar-refractivity contribution in [2.45, 2.75) is 59.2 Å². The van der Waals surface area contributed by atoms with Crippen molar-refractivity contribution in [2.24, 2.45) is 5.41 Å². The van der Waals surface area contributed by atoms with Gasteiger partial charge in [-0.05, 0) is 51.5 Å². The summed E-state index contributed by atoms with van der Waals surface area (Å²) in [6.45, 7) is 11.5. The molecule has 0 aliphatic carbocycles. The molecular weight excluding hydrogens is 352 g/mol. The standard InChI is InChI=1S/C24H30O4/c1-7-22(2,3)24(6,28-21(26)19-16-12-9-13-17-19)23(4,5)27-20(25)18-14-10-8-11-15-18/h8-17H,7H2,1-6H3. The molecule has 2 aromatic rings. The molecule has 0 fully saturated rings. The second-order valence-electron chi connectivity index (χ2n) is 8.29. The summed E-state index contributed by atoms with van der Waals surface area (Å²) < 4.78 is 12.0. The fraction of sp³-hybridized carbons (Fsp3) is 0.417. The number of hydrogen-bond donors (Lipinski definition) is 0. The van der Waals surface area contributed by atoms with E-state index in [4.69, 9.17) is 9.47 Å². The molecule has 2 aromatic carbocycles. The molecule has 0 spiro atoms. The first kappa shape index (κ1) is 21.7. The van der Waals surface area contributed by atoms with E-state index in [1.54, 1.807) is 62.4 Å². The highest BCUT2D eigenvalue weighted by atomic mass is 16.6. The Morgan fingerprint density at radius 3 is 1.50 bits per heavy atom. The van der Waals surface area contributed by atoms with E-state index in [0.29, 0.717) is 11.1 Å². The van der Waals surface area contributed by atoms with Crippen LogP contribution in [0.25, 0.3) is 0 Å². The lowest BCUT2D eigenvalue weighted by Gasteiger charge is -2.51. The highest BCUT2D eigenvalue weighted by molar-refractivity contribution is 5.90. The van der Waals surface area contributed by atoms with Crippen LogP contribution in [0.3, 0.4) is 0 Å². The summed E-state index contributed by atoms with van der Waals surface area (Å²) in [5.74, 6) is -0.882. The van der Waals surface area contributed by atoms with Crippen LogP contribution in [0, 0.1) is 5.41 Å². The largest absolute Gasteiger partial charge is 0.452 e. The first-order chi connectivity index (χ1) is 13.0. The zero-order chi connectivity index (χ0) is 21.0. The van der Waals surface area contributed by atoms with Crippen molar-refractivity contribution in [3.63, 3.8) is 0 Å². The Bertz CT molecular complexity index is 809. The van der Waals surface area contributed by atoms with Crippen molar-refractivity contribution >= 4 is 11.9 Å². The summed E-state index contributed by atoms with van der Waals surface area (Å²) in [4.78, 5) is 25.6. The average Bonchev–Trinajstić information content (AvgIpc) is 2.68. The van der Waals surface area contributed by atoms with Gasteiger partial charge in [0, 0.05) is 5.41 Å². The van der Waals surface area contributed by atoms with Crippen LogP contribution in [0.4, 0.5) is 0 Å². The van der Waals surface area contributed by atoms with E-state index in [-0.39, 0.29) is 0 Å². The molecule has 0 N–H and O–H groups in total. The van der Waals surface area contributed by atoms with Gasteiger partial charge in [0.25, 0.3) is 0 Å². The highest BCUT2D eigenvalue weighted by Gasteiger charge is 2.56. The van der Waals surface area contributed by atoms with E-state index in [1.807, 2.05) is 39.8 Å². The zero-order valence-electron chi connectivity index (χ0n) is 17.6. The summed E-state index contributed by atoms with van der Waals surface area (Å²) in [6, 6.07) is 17.7. The minimum atomic E-state index is -1.07. The Morgan fingerprint density at radius 2 is 1.11 bits per heavy atom. The van der Waals surface area contributed by atoms with E-state index in [9.17, 15) is 9.59 Å². The fourth-order valence-corrected chi connectivity index (χ4v) is 3.19. The predicted octanol–water partition coefficient (Wildman–Crippen LogP) is 5.67. The monoisotopic (exact) mass is 382 g/mol. The number of ether oxygens (including phenoxy) is 2. The Kier molecular flexibility index (Phi) is 6.33. The van der Waals surface area contributed by atoms with Gasteiger partial charge in [-0.25, -0.2) is 9.59 Å². The first-order valence-electron chi connectivity index (χ1n) is 9.61. The molecule has 0 aliphatic rings. The summed E-state index contributed by atoms with van der Waals surface area (Å²) in [5.41, 5.74) is -1.65. The normalized spacial score (nSPS) is 14.1. The number of carbonyl (C=O) groups is 2. The number of esters is 2. The lowest BCUT2D eigenvalue weighted by Crippen LogP contribution is -2.61. The predicted molar refractivity (Wildman–Crippen MR) is 110 cm³/mol. The number of benzene rings is 2. The smallest absolute Gasteiger partial charge is 0.338 e. The van der Waals surface area contributed by atoms with E-state index in [2.05, 4.69) is 0 Å². The molecule has 4 nitrogen and oxygen atoms in total. The van der Waals surface area contributed by atoms with Gasteiger partial charge in [0.15, 0.2) is 5.60 Å². The van der Waals surface area contributed by atoms with Gasteiger partial charge in [-0.15, -0.1) is 0 Å². The molecule has 150 valence electrons. The Hall–Kier alpha value is -2.62. The Morgan fingerprint density at radius 1 is 0.714 bits per heavy atom. The summed E-state index contributed by atoms with van der Waals surface area (Å²) in [5, 5.41) is 0. The molecule has 0 amide bonds. The third-order valence-electron chi connectivity index (χ3n) is 5.99. The van der Waals surface area contributed by atoms with Crippen LogP contribution in [0.5, 0.6) is 0 Å². The molecule has 28 heavy (non-hydrogen) atoms. The lowest BCUT2D eigenvalue weighted by molar-refractivity contribution is -0.185. The van der Waals surface area contributed by atoms with Crippen molar-refractivity contribution in [3.05, 3.63) is 71.8 Å². The number of rotatable bonds is 7. The second-order valence-corrected chi connectivity index (χ2v) is 8.29. The molecule has 0 radical (unpaired) electrons. The van der Waals surface area contributed by atoms with Crippen LogP contribution in [-0.4, -0.2) is 23.1 Å². The van der Waals surface area contributed by atoms with Gasteiger partial charge in [-0.3, -0.25) is 0 Å². The van der Waals surface area contributed by atoms with Gasteiger partial charge in [0.05, 0.1) is 11.1 Å². The zero-order valence-corrected chi connectivity index (χ0v) is 17.6. The van der Waals surface area contributed by atoms with E-state index in [0.717, 1.165) is 6.42 Å². The average molecular weight is 383 g/mol. The van der Waals surface area contributed by atoms with Gasteiger partial charge >= 0.3 is 11.9 Å². The van der Waals surface area contributed by atoms with Crippen molar-refractivity contribution in [1.82, 2.24) is 0 Å². The quantitative estimate of drug-likeness (QED) is 0.579. The van der Waals surface area contributed by atoms with Crippen LogP contribution in [0.1, 0.15) is 68.7 Å². The van der Waals surface area contributed by atoms with Crippen molar-refractivity contribution < 1.29 is 19.1 Å².